The summed E-state index contributed by atoms with van der Waals surface area (Å²) in [7, 11) is 0. The molecule has 3 heterocycles. The van der Waals surface area contributed by atoms with E-state index in [2.05, 4.69) is 25.2 Å². The molecule has 0 bridgehead atoms. The molecule has 170 valence electrons. The number of carbonyl (C=O) groups excluding carboxylic acids is 2. The zero-order chi connectivity index (χ0) is 22.5. The van der Waals surface area contributed by atoms with Gasteiger partial charge in [-0.2, -0.15) is 0 Å². The lowest BCUT2D eigenvalue weighted by molar-refractivity contribution is 0.0204. The van der Waals surface area contributed by atoms with Gasteiger partial charge in [-0.05, 0) is 33.6 Å². The molecule has 0 radical (unpaired) electrons. The quantitative estimate of drug-likeness (QED) is 0.571. The zero-order valence-corrected chi connectivity index (χ0v) is 19.7. The van der Waals surface area contributed by atoms with E-state index in [1.807, 2.05) is 6.92 Å². The van der Waals surface area contributed by atoms with Crippen LogP contribution in [0.1, 0.15) is 58.4 Å². The Bertz CT molecular complexity index is 911. The number of hydrogen-bond acceptors (Lipinski definition) is 8. The molecule has 9 nitrogen and oxygen atoms in total. The van der Waals surface area contributed by atoms with E-state index in [0.29, 0.717) is 49.0 Å². The molecule has 1 aliphatic rings. The van der Waals surface area contributed by atoms with Crippen LogP contribution in [0.4, 0.5) is 5.13 Å². The topological polar surface area (TPSA) is 109 Å². The van der Waals surface area contributed by atoms with Gasteiger partial charge in [0.1, 0.15) is 4.88 Å². The Morgan fingerprint density at radius 1 is 1.32 bits per heavy atom. The van der Waals surface area contributed by atoms with Gasteiger partial charge in [0.05, 0.1) is 30.1 Å². The van der Waals surface area contributed by atoms with Gasteiger partial charge in [-0.25, -0.2) is 14.8 Å². The summed E-state index contributed by atoms with van der Waals surface area (Å²) in [6.45, 7) is 9.52. The maximum Gasteiger partial charge on any atom is 0.350 e. The molecule has 2 atom stereocenters. The highest BCUT2D eigenvalue weighted by Gasteiger charge is 2.33. The average molecular weight is 470 g/mol. The number of H-pyrrole nitrogens is 1. The van der Waals surface area contributed by atoms with Gasteiger partial charge in [0, 0.05) is 19.7 Å². The minimum atomic E-state index is -0.350. The monoisotopic (exact) mass is 469 g/mol. The van der Waals surface area contributed by atoms with E-state index in [4.69, 9.17) is 21.1 Å². The third-order valence-electron chi connectivity index (χ3n) is 4.97. The highest BCUT2D eigenvalue weighted by atomic mass is 35.5. The number of halogens is 1. The molecule has 0 aromatic carbocycles. The summed E-state index contributed by atoms with van der Waals surface area (Å²) in [5.41, 5.74) is 1.31. The number of imidazole rings is 1. The number of esters is 1. The normalized spacial score (nSPS) is 18.8. The van der Waals surface area contributed by atoms with Crippen molar-refractivity contribution in [1.29, 1.82) is 0 Å². The highest BCUT2D eigenvalue weighted by molar-refractivity contribution is 7.17. The number of aromatic nitrogens is 3. The third-order valence-corrected chi connectivity index (χ3v) is 6.53. The molecule has 0 aliphatic carbocycles. The molecule has 2 aromatic heterocycles. The second-order valence-corrected chi connectivity index (χ2v) is 8.69. The number of anilines is 1. The lowest BCUT2D eigenvalue weighted by atomic mass is 10.0. The summed E-state index contributed by atoms with van der Waals surface area (Å²) in [4.78, 5) is 38.9. The Kier molecular flexibility index (Phi) is 7.90. The SMILES string of the molecule is CCCO[C@@H]1CN(c2nc(C)c(C(=O)OCC)s2)CC[C@@H]1NC(=O)c1nc(Cl)c(C)[nH]1. The number of ether oxygens (including phenoxy) is 2. The fraction of sp³-hybridized carbons (Fsp3) is 0.600. The number of amides is 1. The van der Waals surface area contributed by atoms with Gasteiger partial charge in [-0.3, -0.25) is 4.79 Å². The van der Waals surface area contributed by atoms with Crippen LogP contribution in [0.25, 0.3) is 0 Å². The Hall–Kier alpha value is -2.17. The van der Waals surface area contributed by atoms with Crippen LogP contribution in [0.3, 0.4) is 0 Å². The molecule has 1 saturated heterocycles. The van der Waals surface area contributed by atoms with Crippen molar-refractivity contribution in [1.82, 2.24) is 20.3 Å². The molecule has 0 spiro atoms. The van der Waals surface area contributed by atoms with Gasteiger partial charge in [-0.15, -0.1) is 0 Å². The number of hydrogen-bond donors (Lipinski definition) is 2. The molecule has 11 heteroatoms. The Labute approximate surface area is 190 Å². The number of carbonyl (C=O) groups is 2. The number of rotatable bonds is 8. The Balaban J connectivity index is 1.71. The molecule has 0 unspecified atom stereocenters. The van der Waals surface area contributed by atoms with Crippen molar-refractivity contribution in [2.45, 2.75) is 52.7 Å². The molecule has 2 N–H and O–H groups in total. The lowest BCUT2D eigenvalue weighted by Gasteiger charge is -2.38. The fourth-order valence-corrected chi connectivity index (χ4v) is 4.51. The summed E-state index contributed by atoms with van der Waals surface area (Å²) in [5, 5.41) is 4.07. The van der Waals surface area contributed by atoms with E-state index < -0.39 is 0 Å². The molecule has 2 aromatic rings. The van der Waals surface area contributed by atoms with Crippen LogP contribution in [-0.4, -0.2) is 65.3 Å². The van der Waals surface area contributed by atoms with Crippen LogP contribution >= 0.6 is 22.9 Å². The first kappa shape index (κ1) is 23.5. The van der Waals surface area contributed by atoms with Crippen LogP contribution in [0, 0.1) is 13.8 Å². The van der Waals surface area contributed by atoms with Crippen molar-refractivity contribution in [3.8, 4) is 0 Å². The second-order valence-electron chi connectivity index (χ2n) is 7.36. The van der Waals surface area contributed by atoms with E-state index in [1.165, 1.54) is 11.3 Å². The van der Waals surface area contributed by atoms with Crippen LogP contribution < -0.4 is 10.2 Å². The van der Waals surface area contributed by atoms with E-state index >= 15 is 0 Å². The largest absolute Gasteiger partial charge is 0.462 e. The van der Waals surface area contributed by atoms with Crippen LogP contribution in [-0.2, 0) is 9.47 Å². The number of thiazole rings is 1. The van der Waals surface area contributed by atoms with Gasteiger partial charge in [0.2, 0.25) is 0 Å². The van der Waals surface area contributed by atoms with Crippen molar-refractivity contribution in [3.05, 3.63) is 27.2 Å². The Morgan fingerprint density at radius 2 is 2.10 bits per heavy atom. The lowest BCUT2D eigenvalue weighted by Crippen LogP contribution is -2.55. The number of aromatic amines is 1. The minimum Gasteiger partial charge on any atom is -0.462 e. The van der Waals surface area contributed by atoms with E-state index in [-0.39, 0.29) is 35.0 Å². The fourth-order valence-electron chi connectivity index (χ4n) is 3.38. The summed E-state index contributed by atoms with van der Waals surface area (Å²) in [5.74, 6) is -0.473. The first-order valence-electron chi connectivity index (χ1n) is 10.4. The van der Waals surface area contributed by atoms with E-state index in [9.17, 15) is 9.59 Å². The molecule has 0 saturated carbocycles. The van der Waals surface area contributed by atoms with Gasteiger partial charge < -0.3 is 24.7 Å². The van der Waals surface area contributed by atoms with Crippen molar-refractivity contribution in [3.63, 3.8) is 0 Å². The number of nitrogens with zero attached hydrogens (tertiary/aromatic N) is 3. The van der Waals surface area contributed by atoms with Crippen molar-refractivity contribution in [2.75, 3.05) is 31.2 Å². The summed E-state index contributed by atoms with van der Waals surface area (Å²) < 4.78 is 11.2. The van der Waals surface area contributed by atoms with Crippen molar-refractivity contribution < 1.29 is 19.1 Å². The van der Waals surface area contributed by atoms with E-state index in [1.54, 1.807) is 20.8 Å². The maximum atomic E-state index is 12.6. The molecule has 1 aliphatic heterocycles. The smallest absolute Gasteiger partial charge is 0.350 e. The first-order valence-corrected chi connectivity index (χ1v) is 11.6. The zero-order valence-electron chi connectivity index (χ0n) is 18.2. The number of aryl methyl sites for hydroxylation is 2. The third kappa shape index (κ3) is 5.55. The summed E-state index contributed by atoms with van der Waals surface area (Å²) >= 11 is 7.29. The Morgan fingerprint density at radius 3 is 2.74 bits per heavy atom. The molecule has 31 heavy (non-hydrogen) atoms. The highest BCUT2D eigenvalue weighted by Crippen LogP contribution is 2.30. The predicted octanol–water partition coefficient (Wildman–Crippen LogP) is 3.12. The van der Waals surface area contributed by atoms with Crippen molar-refractivity contribution >= 4 is 39.9 Å². The second kappa shape index (κ2) is 10.4. The van der Waals surface area contributed by atoms with Crippen LogP contribution in [0.2, 0.25) is 5.15 Å². The standard InChI is InChI=1S/C20H28ClN5O4S/c1-5-9-30-14-10-26(20-23-11(3)15(31-20)19(28)29-6-2)8-7-13(14)24-18(27)17-22-12(4)16(21)25-17/h13-14H,5-10H2,1-4H3,(H,22,25)(H,24,27)/t13-,14+/m0/s1. The minimum absolute atomic E-state index is 0.176. The molecule has 3 rings (SSSR count). The first-order chi connectivity index (χ1) is 14.8. The summed E-state index contributed by atoms with van der Waals surface area (Å²) in [6.07, 6.45) is 1.31. The van der Waals surface area contributed by atoms with Crippen molar-refractivity contribution in [2.24, 2.45) is 0 Å². The van der Waals surface area contributed by atoms with Gasteiger partial charge >= 0.3 is 5.97 Å². The molecule has 1 fully saturated rings. The van der Waals surface area contributed by atoms with Gasteiger partial charge in [-0.1, -0.05) is 29.9 Å². The van der Waals surface area contributed by atoms with Gasteiger partial charge in [0.15, 0.2) is 16.1 Å². The molecular formula is C20H28ClN5O4S. The maximum absolute atomic E-state index is 12.6. The van der Waals surface area contributed by atoms with E-state index in [0.717, 1.165) is 11.6 Å². The molecular weight excluding hydrogens is 442 g/mol. The van der Waals surface area contributed by atoms with Crippen LogP contribution in [0.15, 0.2) is 0 Å². The molecule has 1 amide bonds. The number of nitrogens with one attached hydrogen (secondary N) is 2. The number of piperidine rings is 1. The van der Waals surface area contributed by atoms with Gasteiger partial charge in [0.25, 0.3) is 5.91 Å². The summed E-state index contributed by atoms with van der Waals surface area (Å²) in [6, 6.07) is -0.176. The van der Waals surface area contributed by atoms with Crippen LogP contribution in [0.5, 0.6) is 0 Å². The average Bonchev–Trinajstić information content (AvgIpc) is 3.29. The predicted molar refractivity (Wildman–Crippen MR) is 119 cm³/mol.